The van der Waals surface area contributed by atoms with Gasteiger partial charge in [0.25, 0.3) is 5.91 Å². The molecule has 2 aromatic carbocycles. The molecule has 0 N–H and O–H groups in total. The van der Waals surface area contributed by atoms with Crippen LogP contribution in [0.1, 0.15) is 47.8 Å². The molecular weight excluding hydrogens is 418 g/mol. The van der Waals surface area contributed by atoms with Gasteiger partial charge in [0.2, 0.25) is 5.88 Å². The number of nitrogens with zero attached hydrogens (tertiary/aromatic N) is 3. The van der Waals surface area contributed by atoms with Crippen molar-refractivity contribution in [3.05, 3.63) is 71.4 Å². The van der Waals surface area contributed by atoms with Crippen LogP contribution in [0.5, 0.6) is 11.6 Å². The van der Waals surface area contributed by atoms with Crippen molar-refractivity contribution < 1.29 is 9.53 Å². The number of aromatic nitrogens is 2. The maximum atomic E-state index is 12.7. The molecule has 6 rings (SSSR count). The highest BCUT2D eigenvalue weighted by atomic mass is 32.1. The van der Waals surface area contributed by atoms with Crippen LogP contribution in [-0.2, 0) is 0 Å². The van der Waals surface area contributed by atoms with Crippen molar-refractivity contribution in [3.63, 3.8) is 0 Å². The van der Waals surface area contributed by atoms with E-state index in [0.717, 1.165) is 65.9 Å². The fourth-order valence-corrected chi connectivity index (χ4v) is 5.18. The molecule has 160 valence electrons. The number of rotatable bonds is 5. The Kier molecular flexibility index (Phi) is 4.87. The average molecular weight is 442 g/mol. The van der Waals surface area contributed by atoms with E-state index in [0.29, 0.717) is 23.1 Å². The number of fused-ring (bicyclic) bond motifs is 1. The Morgan fingerprint density at radius 1 is 0.969 bits per heavy atom. The number of thiophene rings is 1. The molecule has 3 heterocycles. The third kappa shape index (κ3) is 3.65. The molecule has 0 atom stereocenters. The summed E-state index contributed by atoms with van der Waals surface area (Å²) in [5.41, 5.74) is 2.91. The number of hydrogen-bond acceptors (Lipinski definition) is 5. The molecule has 1 aliphatic carbocycles. The van der Waals surface area contributed by atoms with E-state index >= 15 is 0 Å². The van der Waals surface area contributed by atoms with Crippen LogP contribution in [0.4, 0.5) is 0 Å². The van der Waals surface area contributed by atoms with Gasteiger partial charge in [0.1, 0.15) is 16.4 Å². The van der Waals surface area contributed by atoms with Crippen molar-refractivity contribution in [1.82, 2.24) is 14.9 Å². The third-order valence-electron chi connectivity index (χ3n) is 6.15. The van der Waals surface area contributed by atoms with Gasteiger partial charge in [-0.05, 0) is 55.5 Å². The first-order chi connectivity index (χ1) is 15.8. The first-order valence-electron chi connectivity index (χ1n) is 11.2. The number of carbonyl (C=O) groups excluding carboxylic acids is 1. The van der Waals surface area contributed by atoms with Crippen LogP contribution in [0.15, 0.2) is 60.0 Å². The van der Waals surface area contributed by atoms with E-state index < -0.39 is 0 Å². The summed E-state index contributed by atoms with van der Waals surface area (Å²) in [5, 5.41) is 3.08. The molecular formula is C26H23N3O2S. The molecule has 1 amide bonds. The monoisotopic (exact) mass is 441 g/mol. The summed E-state index contributed by atoms with van der Waals surface area (Å²) in [4.78, 5) is 25.2. The normalized spacial score (nSPS) is 15.9. The molecule has 1 saturated heterocycles. The number of hydrogen-bond donors (Lipinski definition) is 0. The van der Waals surface area contributed by atoms with E-state index in [2.05, 4.69) is 17.5 Å². The van der Waals surface area contributed by atoms with Crippen LogP contribution in [0, 0.1) is 0 Å². The summed E-state index contributed by atoms with van der Waals surface area (Å²) in [6.07, 6.45) is 4.44. The second-order valence-electron chi connectivity index (χ2n) is 8.48. The van der Waals surface area contributed by atoms with Crippen LogP contribution < -0.4 is 4.74 Å². The third-order valence-corrected chi connectivity index (χ3v) is 7.03. The Balaban J connectivity index is 1.36. The van der Waals surface area contributed by atoms with Crippen LogP contribution in [0.25, 0.3) is 21.3 Å². The Hall–Kier alpha value is -3.25. The van der Waals surface area contributed by atoms with Crippen molar-refractivity contribution in [3.8, 4) is 22.8 Å². The predicted molar refractivity (Wildman–Crippen MR) is 126 cm³/mol. The van der Waals surface area contributed by atoms with Gasteiger partial charge >= 0.3 is 0 Å². The van der Waals surface area contributed by atoms with Crippen LogP contribution in [0.3, 0.4) is 0 Å². The zero-order chi connectivity index (χ0) is 21.5. The zero-order valence-corrected chi connectivity index (χ0v) is 18.5. The molecule has 1 aliphatic heterocycles. The molecule has 2 aromatic heterocycles. The predicted octanol–water partition coefficient (Wildman–Crippen LogP) is 6.26. The summed E-state index contributed by atoms with van der Waals surface area (Å²) in [5.74, 6) is 2.67. The SMILES string of the molecule is O=C(c1ccc(Oc2nc(C3CC3)nc3scc(-c4ccccc4)c23)cc1)N1CCCC1. The lowest BCUT2D eigenvalue weighted by Gasteiger charge is -2.15. The van der Waals surface area contributed by atoms with E-state index in [1.165, 1.54) is 0 Å². The van der Waals surface area contributed by atoms with Crippen LogP contribution in [-0.4, -0.2) is 33.9 Å². The van der Waals surface area contributed by atoms with Gasteiger partial charge < -0.3 is 9.64 Å². The van der Waals surface area contributed by atoms with Gasteiger partial charge in [-0.1, -0.05) is 30.3 Å². The minimum absolute atomic E-state index is 0.0960. The fourth-order valence-electron chi connectivity index (χ4n) is 4.23. The molecule has 0 bridgehead atoms. The number of likely N-dealkylation sites (tertiary alicyclic amines) is 1. The Morgan fingerprint density at radius 2 is 1.72 bits per heavy atom. The average Bonchev–Trinajstić information content (AvgIpc) is 3.36. The van der Waals surface area contributed by atoms with Crippen molar-refractivity contribution in [2.24, 2.45) is 0 Å². The molecule has 0 unspecified atom stereocenters. The molecule has 2 aliphatic rings. The number of ether oxygens (including phenoxy) is 1. The fraction of sp³-hybridized carbons (Fsp3) is 0.269. The van der Waals surface area contributed by atoms with Gasteiger partial charge in [0, 0.05) is 35.5 Å². The Bertz CT molecular complexity index is 1270. The highest BCUT2D eigenvalue weighted by Crippen LogP contribution is 2.44. The lowest BCUT2D eigenvalue weighted by atomic mass is 10.1. The summed E-state index contributed by atoms with van der Waals surface area (Å²) in [6, 6.07) is 17.7. The quantitative estimate of drug-likeness (QED) is 0.367. The van der Waals surface area contributed by atoms with Crippen molar-refractivity contribution >= 4 is 27.5 Å². The second kappa shape index (κ2) is 8.02. The highest BCUT2D eigenvalue weighted by Gasteiger charge is 2.29. The lowest BCUT2D eigenvalue weighted by molar-refractivity contribution is 0.0793. The van der Waals surface area contributed by atoms with E-state index in [1.807, 2.05) is 47.4 Å². The molecule has 0 radical (unpaired) electrons. The standard InChI is InChI=1S/C26H23N3O2S/c30-26(29-14-4-5-15-29)19-10-12-20(13-11-19)31-24-22-21(17-6-2-1-3-7-17)16-32-25(22)28-23(27-24)18-8-9-18/h1-3,6-7,10-13,16,18H,4-5,8-9,14-15H2. The maximum Gasteiger partial charge on any atom is 0.253 e. The second-order valence-corrected chi connectivity index (χ2v) is 9.34. The summed E-state index contributed by atoms with van der Waals surface area (Å²) in [7, 11) is 0. The Morgan fingerprint density at radius 3 is 2.44 bits per heavy atom. The van der Waals surface area contributed by atoms with Crippen molar-refractivity contribution in [1.29, 1.82) is 0 Å². The smallest absolute Gasteiger partial charge is 0.253 e. The molecule has 1 saturated carbocycles. The molecule has 4 aromatic rings. The van der Waals surface area contributed by atoms with Gasteiger partial charge in [-0.15, -0.1) is 11.3 Å². The minimum atomic E-state index is 0.0960. The molecule has 32 heavy (non-hydrogen) atoms. The van der Waals surface area contributed by atoms with E-state index in [1.54, 1.807) is 11.3 Å². The summed E-state index contributed by atoms with van der Waals surface area (Å²) in [6.45, 7) is 1.70. The van der Waals surface area contributed by atoms with Gasteiger partial charge in [-0.2, -0.15) is 4.98 Å². The van der Waals surface area contributed by atoms with Crippen LogP contribution in [0.2, 0.25) is 0 Å². The highest BCUT2D eigenvalue weighted by molar-refractivity contribution is 7.17. The molecule has 2 fully saturated rings. The van der Waals surface area contributed by atoms with Crippen LogP contribution >= 0.6 is 11.3 Å². The Labute approximate surface area is 190 Å². The first-order valence-corrected chi connectivity index (χ1v) is 12.1. The van der Waals surface area contributed by atoms with Gasteiger partial charge in [-0.3, -0.25) is 4.79 Å². The van der Waals surface area contributed by atoms with Crippen molar-refractivity contribution in [2.75, 3.05) is 13.1 Å². The van der Waals surface area contributed by atoms with Gasteiger partial charge in [0.05, 0.1) is 5.39 Å². The largest absolute Gasteiger partial charge is 0.438 e. The summed E-state index contributed by atoms with van der Waals surface area (Å²) < 4.78 is 6.32. The van der Waals surface area contributed by atoms with Crippen molar-refractivity contribution in [2.45, 2.75) is 31.6 Å². The topological polar surface area (TPSA) is 55.3 Å². The number of amides is 1. The minimum Gasteiger partial charge on any atom is -0.438 e. The maximum absolute atomic E-state index is 12.7. The van der Waals surface area contributed by atoms with E-state index in [-0.39, 0.29) is 5.91 Å². The van der Waals surface area contributed by atoms with Gasteiger partial charge in [-0.25, -0.2) is 4.98 Å². The lowest BCUT2D eigenvalue weighted by Crippen LogP contribution is -2.27. The molecule has 5 nitrogen and oxygen atoms in total. The molecule has 6 heteroatoms. The van der Waals surface area contributed by atoms with E-state index in [9.17, 15) is 4.79 Å². The summed E-state index contributed by atoms with van der Waals surface area (Å²) >= 11 is 1.63. The van der Waals surface area contributed by atoms with E-state index in [4.69, 9.17) is 14.7 Å². The zero-order valence-electron chi connectivity index (χ0n) is 17.7. The molecule has 0 spiro atoms. The number of benzene rings is 2. The van der Waals surface area contributed by atoms with Gasteiger partial charge in [0.15, 0.2) is 0 Å². The number of carbonyl (C=O) groups is 1. The first kappa shape index (κ1) is 19.4.